The zero-order chi connectivity index (χ0) is 96.7. The number of pyridine rings is 1. The number of imidazole rings is 5. The van der Waals surface area contributed by atoms with Gasteiger partial charge in [-0.3, -0.25) is 18.8 Å². The van der Waals surface area contributed by atoms with Crippen molar-refractivity contribution in [2.75, 3.05) is 158 Å². The molecule has 0 saturated carbocycles. The van der Waals surface area contributed by atoms with Crippen molar-refractivity contribution in [1.29, 1.82) is 0 Å². The quantitative estimate of drug-likeness (QED) is 0.0672. The standard InChI is InChI=1S/C22H23N5O2.C22H24N4O2.C21H21N5O2.C20H19ClN4O2S.C19H17ClN4O2S/c1-13-9-27-12-19(25-21(27)8-23-13)18-6-16-4-5-17(7-20(16)29-22(18)28)26-10-14(2)24-15(3)11-26;1-15-7-10-26-14-19(24-21(26)11-15)18-12-16-5-6-17(13-20(16)28-22(18)27)23-8-4-9-25(2)3;1-14-12-26-13-18(24-20(26)11-23-14)17-9-15-3-4-16(10-19(15)28-21(17)27)25-7-2-5-22-6-8-25;1-23-5-2-6-24(8-7-23)14-4-3-13-9-15(19(26)27-17(13)10-14)16-11-25-12-18(21)28-20(25)22-16;1-22-4-6-23(7-5-22)13-3-2-12-8-14(18(25)26-16(12)9-13)15-10-24-11-17(20)27-19(24)21-15/h4-9,12,14-15,24H,10-11H2,1-3H3;5-7,10-14,23H,4,8-9H2,1-3H3;3-4,9-13,22H,2,5-8H2,1H3;3-4,9-12H,2,5-8H2,1H3;2-3,8-11H,4-7H2,1H3/t14-,15+;;;;. The zero-order valence-corrected chi connectivity index (χ0v) is 82.0. The minimum atomic E-state index is -0.384. The smallest absolute Gasteiger partial charge is 0.345 e. The minimum absolute atomic E-state index is 0.377. The van der Waals surface area contributed by atoms with Crippen LogP contribution in [0.5, 0.6) is 0 Å². The van der Waals surface area contributed by atoms with Crippen LogP contribution in [0.25, 0.3) is 138 Å². The van der Waals surface area contributed by atoms with E-state index in [1.807, 2.05) is 189 Å². The molecule has 0 spiro atoms. The van der Waals surface area contributed by atoms with Gasteiger partial charge in [-0.1, -0.05) is 45.9 Å². The molecule has 36 heteroatoms. The van der Waals surface area contributed by atoms with Crippen LogP contribution in [0.3, 0.4) is 0 Å². The molecule has 716 valence electrons. The van der Waals surface area contributed by atoms with Crippen LogP contribution in [-0.2, 0) is 0 Å². The molecule has 4 aliphatic heterocycles. The highest BCUT2D eigenvalue weighted by atomic mass is 35.5. The minimum Gasteiger partial charge on any atom is -0.422 e. The van der Waals surface area contributed by atoms with Gasteiger partial charge in [-0.25, -0.2) is 48.9 Å². The summed E-state index contributed by atoms with van der Waals surface area (Å²) in [5.41, 5.74) is 16.8. The van der Waals surface area contributed by atoms with Gasteiger partial charge >= 0.3 is 28.1 Å². The lowest BCUT2D eigenvalue weighted by atomic mass is 10.1. The summed E-state index contributed by atoms with van der Waals surface area (Å²) in [5, 5.41) is 14.7. The Balaban J connectivity index is 0.000000108. The maximum atomic E-state index is 12.7. The molecule has 4 fully saturated rings. The van der Waals surface area contributed by atoms with Crippen molar-refractivity contribution >= 4 is 156 Å². The number of rotatable bonds is 14. The Morgan fingerprint density at radius 2 is 0.800 bits per heavy atom. The Labute approximate surface area is 820 Å². The molecule has 3 N–H and O–H groups in total. The highest BCUT2D eigenvalue weighted by Crippen LogP contribution is 2.35. The zero-order valence-electron chi connectivity index (χ0n) is 78.9. The number of halogens is 2. The Morgan fingerprint density at radius 1 is 0.407 bits per heavy atom. The van der Waals surface area contributed by atoms with E-state index in [1.54, 1.807) is 37.2 Å². The number of aromatic nitrogens is 12. The summed E-state index contributed by atoms with van der Waals surface area (Å²) in [6, 6.07) is 44.2. The highest BCUT2D eigenvalue weighted by Gasteiger charge is 2.26. The van der Waals surface area contributed by atoms with Gasteiger partial charge < -0.3 is 85.5 Å². The summed E-state index contributed by atoms with van der Waals surface area (Å²) in [7, 11) is 8.41. The van der Waals surface area contributed by atoms with Gasteiger partial charge in [0.1, 0.15) is 42.2 Å². The van der Waals surface area contributed by atoms with Gasteiger partial charge in [-0.15, -0.1) is 0 Å². The monoisotopic (exact) mass is 1950 g/mol. The van der Waals surface area contributed by atoms with E-state index in [-0.39, 0.29) is 28.1 Å². The second kappa shape index (κ2) is 40.3. The molecule has 0 aliphatic carbocycles. The predicted octanol–water partition coefficient (Wildman–Crippen LogP) is 16.9. The van der Waals surface area contributed by atoms with Crippen LogP contribution < -0.4 is 63.7 Å². The van der Waals surface area contributed by atoms with Gasteiger partial charge in [-0.2, -0.15) is 0 Å². The number of hydrogen-bond donors (Lipinski definition) is 3. The SMILES string of the molecule is CN1CCCN(c2ccc3cc(-c4cn5cc(Cl)sc5n4)c(=O)oc3c2)CC1.CN1CCN(c2ccc3cc(-c4cn5cc(Cl)sc5n4)c(=O)oc3c2)CC1.Cc1ccn2cc(-c3cc4ccc(NCCCN(C)C)cc4oc3=O)nc2c1.Cc1cn2cc(-c3cc4ccc(N5CCCNCC5)cc4oc3=O)nc2cn1.Cc1cn2cc(-c3cc4ccc(N5C[C@@H](C)N[C@@H](C)C5)cc4oc3=O)nc2cn1. The first kappa shape index (κ1) is 93.4. The first-order valence-corrected chi connectivity index (χ1v) is 49.2. The van der Waals surface area contributed by atoms with E-state index in [1.165, 1.54) is 22.7 Å². The van der Waals surface area contributed by atoms with E-state index >= 15 is 0 Å². The van der Waals surface area contributed by atoms with Crippen LogP contribution in [0.15, 0.2) is 254 Å². The summed E-state index contributed by atoms with van der Waals surface area (Å²) in [6.45, 7) is 26.0. The molecule has 2 atom stereocenters. The largest absolute Gasteiger partial charge is 0.422 e. The molecule has 0 radical (unpaired) electrons. The van der Waals surface area contributed by atoms with Crippen LogP contribution in [-0.4, -0.2) is 217 Å². The van der Waals surface area contributed by atoms with Crippen LogP contribution in [0.4, 0.5) is 28.4 Å². The number of likely N-dealkylation sites (N-methyl/N-ethyl adjacent to an activating group) is 2. The number of benzene rings is 5. The normalized spacial score (nSPS) is 15.8. The maximum Gasteiger partial charge on any atom is 0.345 e. The van der Waals surface area contributed by atoms with Crippen molar-refractivity contribution in [3.8, 4) is 56.3 Å². The van der Waals surface area contributed by atoms with Gasteiger partial charge in [0.25, 0.3) is 0 Å². The van der Waals surface area contributed by atoms with Crippen molar-refractivity contribution in [3.05, 3.63) is 286 Å². The number of hydrogen-bond acceptors (Lipinski definition) is 29. The van der Waals surface area contributed by atoms with Crippen molar-refractivity contribution < 1.29 is 22.1 Å². The van der Waals surface area contributed by atoms with E-state index in [2.05, 4.69) is 151 Å². The van der Waals surface area contributed by atoms with E-state index in [4.69, 9.17) is 45.3 Å². The highest BCUT2D eigenvalue weighted by molar-refractivity contribution is 7.21. The van der Waals surface area contributed by atoms with E-state index in [0.717, 1.165) is 212 Å². The van der Waals surface area contributed by atoms with E-state index < -0.39 is 0 Å². The van der Waals surface area contributed by atoms with Gasteiger partial charge in [0, 0.05) is 245 Å². The molecule has 15 aromatic heterocycles. The summed E-state index contributed by atoms with van der Waals surface area (Å²) >= 11 is 14.7. The fraction of sp³-hybridized carbons (Fsp3) is 0.288. The summed E-state index contributed by atoms with van der Waals surface area (Å²) in [4.78, 5) is 112. The van der Waals surface area contributed by atoms with Gasteiger partial charge in [0.15, 0.2) is 21.2 Å². The lowest BCUT2D eigenvalue weighted by Gasteiger charge is -2.37. The second-order valence-corrected chi connectivity index (χ2v) is 39.8. The first-order chi connectivity index (χ1) is 67.7. The Kier molecular flexibility index (Phi) is 26.9. The second-order valence-electron chi connectivity index (χ2n) is 36.5. The lowest BCUT2D eigenvalue weighted by Crippen LogP contribution is -2.54. The van der Waals surface area contributed by atoms with Gasteiger partial charge in [-0.05, 0) is 210 Å². The van der Waals surface area contributed by atoms with E-state index in [0.29, 0.717) is 116 Å². The average Bonchev–Trinajstić information content (AvgIpc) is 1.63. The Morgan fingerprint density at radius 3 is 1.26 bits per heavy atom. The number of aryl methyl sites for hydroxylation is 3. The predicted molar refractivity (Wildman–Crippen MR) is 559 cm³/mol. The van der Waals surface area contributed by atoms with Crippen LogP contribution >= 0.6 is 45.9 Å². The van der Waals surface area contributed by atoms with Crippen molar-refractivity contribution in [3.63, 3.8) is 0 Å². The van der Waals surface area contributed by atoms with Crippen molar-refractivity contribution in [2.24, 2.45) is 0 Å². The summed E-state index contributed by atoms with van der Waals surface area (Å²) < 4.78 is 38.9. The maximum absolute atomic E-state index is 12.7. The molecular formula is C104H104Cl2N22O10S2. The molecule has 20 aromatic rings. The van der Waals surface area contributed by atoms with Crippen molar-refractivity contribution in [1.82, 2.24) is 82.2 Å². The fourth-order valence-corrected chi connectivity index (χ4v) is 20.2. The fourth-order valence-electron chi connectivity index (χ4n) is 18.2. The Bertz CT molecular complexity index is 8290. The molecular weight excluding hydrogens is 1850 g/mol. The molecule has 140 heavy (non-hydrogen) atoms. The van der Waals surface area contributed by atoms with Crippen LogP contribution in [0.1, 0.15) is 50.1 Å². The summed E-state index contributed by atoms with van der Waals surface area (Å²) in [5.74, 6) is 0. The third-order valence-electron chi connectivity index (χ3n) is 25.5. The number of nitrogens with one attached hydrogen (secondary N) is 3. The number of nitrogens with zero attached hydrogens (tertiary/aromatic N) is 19. The third-order valence-corrected chi connectivity index (χ3v) is 27.7. The molecule has 5 aromatic carbocycles. The Hall–Kier alpha value is -14.2. The number of anilines is 5. The molecule has 0 unspecified atom stereocenters. The first-order valence-electron chi connectivity index (χ1n) is 46.8. The molecule has 24 rings (SSSR count). The van der Waals surface area contributed by atoms with Crippen LogP contribution in [0, 0.1) is 20.8 Å². The number of thiazole rings is 2. The topological polar surface area (TPSA) is 322 Å². The molecule has 4 aliphatic rings. The summed E-state index contributed by atoms with van der Waals surface area (Å²) in [6.07, 6.45) is 25.1. The van der Waals surface area contributed by atoms with Crippen LogP contribution in [0.2, 0.25) is 8.67 Å². The van der Waals surface area contributed by atoms with Gasteiger partial charge in [0.2, 0.25) is 0 Å². The number of piperazine rings is 2. The number of fused-ring (bicyclic) bond motifs is 10. The lowest BCUT2D eigenvalue weighted by molar-refractivity contribution is 0.313. The third kappa shape index (κ3) is 20.9. The molecule has 0 amide bonds. The van der Waals surface area contributed by atoms with Crippen molar-refractivity contribution in [2.45, 2.75) is 66.0 Å². The van der Waals surface area contributed by atoms with E-state index in [9.17, 15) is 24.0 Å². The molecule has 4 saturated heterocycles. The average molecular weight is 1960 g/mol. The molecule has 32 nitrogen and oxygen atoms in total. The molecule has 0 bridgehead atoms. The molecule has 19 heterocycles. The van der Waals surface area contributed by atoms with Gasteiger partial charge in [0.05, 0.1) is 80.1 Å².